The van der Waals surface area contributed by atoms with Crippen LogP contribution in [0.2, 0.25) is 0 Å². The molecule has 1 aromatic carbocycles. The van der Waals surface area contributed by atoms with Crippen molar-refractivity contribution >= 4 is 11.8 Å². The lowest BCUT2D eigenvalue weighted by molar-refractivity contribution is 0.0698. The average Bonchev–Trinajstić information content (AvgIpc) is 3.14. The number of aromatic nitrogens is 2. The van der Waals surface area contributed by atoms with E-state index in [4.69, 9.17) is 9.05 Å². The fraction of sp³-hybridized carbons (Fsp3) is 0.235. The Hall–Kier alpha value is -3.09. The van der Waals surface area contributed by atoms with Crippen molar-refractivity contribution in [3.05, 3.63) is 52.9 Å². The fourth-order valence-corrected chi connectivity index (χ4v) is 2.56. The maximum absolute atomic E-state index is 11.8. The molecule has 1 N–H and O–H groups in total. The number of aromatic carboxylic acids is 1. The van der Waals surface area contributed by atoms with Crippen molar-refractivity contribution in [2.75, 3.05) is 11.9 Å². The summed E-state index contributed by atoms with van der Waals surface area (Å²) in [6.07, 6.45) is 0. The molecule has 0 aliphatic rings. The van der Waals surface area contributed by atoms with Crippen LogP contribution in [-0.4, -0.2) is 28.4 Å². The lowest BCUT2D eigenvalue weighted by Gasteiger charge is -2.16. The van der Waals surface area contributed by atoms with Crippen molar-refractivity contribution in [2.45, 2.75) is 20.4 Å². The van der Waals surface area contributed by atoms with Crippen LogP contribution in [0.1, 0.15) is 27.4 Å². The van der Waals surface area contributed by atoms with E-state index in [-0.39, 0.29) is 17.1 Å². The van der Waals surface area contributed by atoms with Gasteiger partial charge in [-0.1, -0.05) is 40.6 Å². The number of carbonyl (C=O) groups is 1. The molecule has 7 heteroatoms. The summed E-state index contributed by atoms with van der Waals surface area (Å²) in [6, 6.07) is 9.05. The van der Waals surface area contributed by atoms with Gasteiger partial charge in [0.15, 0.2) is 17.1 Å². The van der Waals surface area contributed by atoms with Crippen molar-refractivity contribution in [3.63, 3.8) is 0 Å². The van der Waals surface area contributed by atoms with Crippen LogP contribution in [0.5, 0.6) is 0 Å². The van der Waals surface area contributed by atoms with Gasteiger partial charge in [0.25, 0.3) is 0 Å². The molecule has 0 amide bonds. The first kappa shape index (κ1) is 15.8. The summed E-state index contributed by atoms with van der Waals surface area (Å²) in [5.74, 6) is 0.115. The minimum absolute atomic E-state index is 0.0375. The van der Waals surface area contributed by atoms with Crippen LogP contribution >= 0.6 is 0 Å². The highest BCUT2D eigenvalue weighted by Gasteiger charge is 2.27. The number of carboxylic acid groups (broad SMARTS) is 1. The topological polar surface area (TPSA) is 92.6 Å². The first-order valence-electron chi connectivity index (χ1n) is 7.40. The second-order valence-electron chi connectivity index (χ2n) is 5.54. The molecule has 2 aromatic heterocycles. The van der Waals surface area contributed by atoms with Crippen LogP contribution in [0.3, 0.4) is 0 Å². The first-order valence-corrected chi connectivity index (χ1v) is 7.40. The van der Waals surface area contributed by atoms with Crippen LogP contribution in [-0.2, 0) is 6.54 Å². The third kappa shape index (κ3) is 2.76. The molecule has 0 unspecified atom stereocenters. The molecule has 0 saturated carbocycles. The quantitative estimate of drug-likeness (QED) is 0.768. The predicted molar refractivity (Wildman–Crippen MR) is 87.0 cm³/mol. The number of nitrogens with zero attached hydrogens (tertiary/aromatic N) is 3. The van der Waals surface area contributed by atoms with Crippen molar-refractivity contribution in [1.29, 1.82) is 0 Å². The molecule has 0 spiro atoms. The van der Waals surface area contributed by atoms with Gasteiger partial charge in [0.2, 0.25) is 0 Å². The standard InChI is InChI=1S/C17H17N3O4/c1-10-13(11(2)23-18-10)9-20(3)16-14(17(21)22)15(24-19-16)12-7-5-4-6-8-12/h4-8H,9H2,1-3H3,(H,21,22). The molecule has 3 aromatic rings. The minimum atomic E-state index is -1.09. The Morgan fingerprint density at radius 2 is 1.88 bits per heavy atom. The van der Waals surface area contributed by atoms with Gasteiger partial charge in [-0.3, -0.25) is 0 Å². The largest absolute Gasteiger partial charge is 0.477 e. The minimum Gasteiger partial charge on any atom is -0.477 e. The number of rotatable bonds is 5. The Bertz CT molecular complexity index is 848. The molecule has 24 heavy (non-hydrogen) atoms. The van der Waals surface area contributed by atoms with Gasteiger partial charge in [-0.2, -0.15) is 0 Å². The molecule has 0 radical (unpaired) electrons. The number of benzene rings is 1. The Kier molecular flexibility index (Phi) is 4.07. The van der Waals surface area contributed by atoms with Crippen molar-refractivity contribution in [2.24, 2.45) is 0 Å². The van der Waals surface area contributed by atoms with Gasteiger partial charge in [-0.15, -0.1) is 0 Å². The molecule has 0 aliphatic heterocycles. The molecule has 2 heterocycles. The summed E-state index contributed by atoms with van der Waals surface area (Å²) < 4.78 is 10.5. The van der Waals surface area contributed by atoms with E-state index in [1.165, 1.54) is 0 Å². The average molecular weight is 327 g/mol. The highest BCUT2D eigenvalue weighted by Crippen LogP contribution is 2.31. The number of hydrogen-bond donors (Lipinski definition) is 1. The number of hydrogen-bond acceptors (Lipinski definition) is 6. The molecule has 3 rings (SSSR count). The van der Waals surface area contributed by atoms with Crippen molar-refractivity contribution in [1.82, 2.24) is 10.3 Å². The van der Waals surface area contributed by atoms with Crippen LogP contribution < -0.4 is 4.90 Å². The van der Waals surface area contributed by atoms with Gasteiger partial charge in [-0.25, -0.2) is 4.79 Å². The first-order chi connectivity index (χ1) is 11.5. The zero-order chi connectivity index (χ0) is 17.3. The van der Waals surface area contributed by atoms with E-state index in [2.05, 4.69) is 10.3 Å². The highest BCUT2D eigenvalue weighted by molar-refractivity contribution is 5.99. The van der Waals surface area contributed by atoms with Crippen molar-refractivity contribution < 1.29 is 18.9 Å². The van der Waals surface area contributed by atoms with Gasteiger partial charge < -0.3 is 19.1 Å². The van der Waals surface area contributed by atoms with E-state index < -0.39 is 5.97 Å². The number of aryl methyl sites for hydroxylation is 2. The third-order valence-electron chi connectivity index (χ3n) is 3.86. The van der Waals surface area contributed by atoms with Gasteiger partial charge in [0, 0.05) is 24.7 Å². The second kappa shape index (κ2) is 6.19. The third-order valence-corrected chi connectivity index (χ3v) is 3.86. The van der Waals surface area contributed by atoms with E-state index >= 15 is 0 Å². The predicted octanol–water partition coefficient (Wildman–Crippen LogP) is 3.28. The monoisotopic (exact) mass is 327 g/mol. The normalized spacial score (nSPS) is 10.8. The maximum atomic E-state index is 11.8. The molecule has 7 nitrogen and oxygen atoms in total. The highest BCUT2D eigenvalue weighted by atomic mass is 16.5. The van der Waals surface area contributed by atoms with E-state index in [1.807, 2.05) is 32.0 Å². The maximum Gasteiger partial charge on any atom is 0.343 e. The summed E-state index contributed by atoms with van der Waals surface area (Å²) in [5, 5.41) is 17.5. The molecule has 0 bridgehead atoms. The number of carboxylic acids is 1. The summed E-state index contributed by atoms with van der Waals surface area (Å²) in [5.41, 5.74) is 2.37. The van der Waals surface area contributed by atoms with Crippen LogP contribution in [0, 0.1) is 13.8 Å². The van der Waals surface area contributed by atoms with Gasteiger partial charge in [0.05, 0.1) is 5.69 Å². The zero-order valence-electron chi connectivity index (χ0n) is 13.6. The molecule has 0 atom stereocenters. The smallest absolute Gasteiger partial charge is 0.343 e. The van der Waals surface area contributed by atoms with E-state index in [9.17, 15) is 9.90 Å². The van der Waals surface area contributed by atoms with Gasteiger partial charge in [0.1, 0.15) is 5.76 Å². The Morgan fingerprint density at radius 3 is 2.46 bits per heavy atom. The van der Waals surface area contributed by atoms with Gasteiger partial charge in [-0.05, 0) is 13.8 Å². The lowest BCUT2D eigenvalue weighted by Crippen LogP contribution is -2.20. The summed E-state index contributed by atoms with van der Waals surface area (Å²) >= 11 is 0. The van der Waals surface area contributed by atoms with Gasteiger partial charge >= 0.3 is 5.97 Å². The summed E-state index contributed by atoms with van der Waals surface area (Å²) in [6.45, 7) is 4.08. The SMILES string of the molecule is Cc1noc(C)c1CN(C)c1noc(-c2ccccc2)c1C(=O)O. The molecule has 0 saturated heterocycles. The Labute approximate surface area is 138 Å². The second-order valence-corrected chi connectivity index (χ2v) is 5.54. The van der Waals surface area contributed by atoms with E-state index in [0.717, 1.165) is 11.3 Å². The Balaban J connectivity index is 1.99. The molecule has 0 fully saturated rings. The van der Waals surface area contributed by atoms with Crippen LogP contribution in [0.4, 0.5) is 5.82 Å². The van der Waals surface area contributed by atoms with E-state index in [1.54, 1.807) is 24.1 Å². The molecular weight excluding hydrogens is 310 g/mol. The fourth-order valence-electron chi connectivity index (χ4n) is 2.56. The van der Waals surface area contributed by atoms with E-state index in [0.29, 0.717) is 17.9 Å². The number of anilines is 1. The Morgan fingerprint density at radius 1 is 1.17 bits per heavy atom. The summed E-state index contributed by atoms with van der Waals surface area (Å²) in [7, 11) is 1.75. The lowest BCUT2D eigenvalue weighted by atomic mass is 10.1. The molecular formula is C17H17N3O4. The summed E-state index contributed by atoms with van der Waals surface area (Å²) in [4.78, 5) is 13.5. The molecule has 0 aliphatic carbocycles. The van der Waals surface area contributed by atoms with Crippen molar-refractivity contribution in [3.8, 4) is 11.3 Å². The molecule has 124 valence electrons. The van der Waals surface area contributed by atoms with Crippen LogP contribution in [0.15, 0.2) is 39.4 Å². The zero-order valence-corrected chi connectivity index (χ0v) is 13.6. The van der Waals surface area contributed by atoms with Crippen LogP contribution in [0.25, 0.3) is 11.3 Å².